The molecule has 1 aliphatic rings. The molecule has 1 saturated heterocycles. The van der Waals surface area contributed by atoms with Crippen molar-refractivity contribution < 1.29 is 18.1 Å². The summed E-state index contributed by atoms with van der Waals surface area (Å²) in [5.41, 5.74) is -0.171. The highest BCUT2D eigenvalue weighted by Crippen LogP contribution is 2.40. The summed E-state index contributed by atoms with van der Waals surface area (Å²) in [7, 11) is -1.05. The van der Waals surface area contributed by atoms with Crippen LogP contribution in [0.2, 0.25) is 0 Å². The van der Waals surface area contributed by atoms with Crippen molar-refractivity contribution in [2.45, 2.75) is 52.4 Å². The van der Waals surface area contributed by atoms with Crippen LogP contribution in [-0.4, -0.2) is 28.1 Å². The van der Waals surface area contributed by atoms with E-state index in [1.807, 2.05) is 27.7 Å². The third kappa shape index (κ3) is 3.46. The highest BCUT2D eigenvalue weighted by Gasteiger charge is 2.53. The van der Waals surface area contributed by atoms with Gasteiger partial charge in [0.15, 0.2) is 0 Å². The van der Waals surface area contributed by atoms with Gasteiger partial charge in [-0.1, -0.05) is 18.2 Å². The zero-order chi connectivity index (χ0) is 19.1. The molecule has 0 bridgehead atoms. The quantitative estimate of drug-likeness (QED) is 0.759. The molecule has 1 fully saturated rings. The molecular weight excluding hydrogens is 337 g/mol. The van der Waals surface area contributed by atoms with Crippen molar-refractivity contribution in [2.24, 2.45) is 0 Å². The van der Waals surface area contributed by atoms with Crippen LogP contribution in [0.15, 0.2) is 42.4 Å². The van der Waals surface area contributed by atoms with E-state index < -0.39 is 24.0 Å². The second kappa shape index (κ2) is 6.63. The molecule has 0 N–H and O–H groups in total. The summed E-state index contributed by atoms with van der Waals surface area (Å²) in [6, 6.07) is 6.51. The topological polar surface area (TPSA) is 36.3 Å². The molecule has 138 valence electrons. The molecule has 2 heterocycles. The SMILES string of the molecule is CC(=C(F)B1OC(C)(C)C(C)(C)O1)c1cnn(Cc2ccccc2F)c1. The van der Waals surface area contributed by atoms with Gasteiger partial charge in [-0.25, -0.2) is 8.78 Å². The first-order valence-corrected chi connectivity index (χ1v) is 8.59. The van der Waals surface area contributed by atoms with E-state index in [9.17, 15) is 8.78 Å². The molecular formula is C19H23BF2N2O2. The maximum atomic E-state index is 14.9. The van der Waals surface area contributed by atoms with Gasteiger partial charge in [-0.15, -0.1) is 0 Å². The van der Waals surface area contributed by atoms with Crippen LogP contribution in [0.1, 0.15) is 45.7 Å². The van der Waals surface area contributed by atoms with E-state index in [2.05, 4.69) is 5.10 Å². The second-order valence-corrected chi connectivity index (χ2v) is 7.58. The van der Waals surface area contributed by atoms with Crippen molar-refractivity contribution in [2.75, 3.05) is 0 Å². The number of hydrogen-bond acceptors (Lipinski definition) is 3. The molecule has 0 unspecified atom stereocenters. The fourth-order valence-corrected chi connectivity index (χ4v) is 2.71. The molecule has 26 heavy (non-hydrogen) atoms. The van der Waals surface area contributed by atoms with Crippen LogP contribution in [0.4, 0.5) is 8.78 Å². The molecule has 4 nitrogen and oxygen atoms in total. The summed E-state index contributed by atoms with van der Waals surface area (Å²) >= 11 is 0. The Labute approximate surface area is 153 Å². The fraction of sp³-hybridized carbons (Fsp3) is 0.421. The minimum atomic E-state index is -1.05. The Morgan fingerprint density at radius 1 is 1.15 bits per heavy atom. The maximum Gasteiger partial charge on any atom is 0.525 e. The molecule has 7 heteroatoms. The van der Waals surface area contributed by atoms with Gasteiger partial charge in [-0.2, -0.15) is 5.10 Å². The number of nitrogens with zero attached hydrogens (tertiary/aromatic N) is 2. The Morgan fingerprint density at radius 2 is 1.77 bits per heavy atom. The lowest BCUT2D eigenvalue weighted by atomic mass is 9.84. The Balaban J connectivity index is 1.80. The van der Waals surface area contributed by atoms with Crippen molar-refractivity contribution in [3.8, 4) is 0 Å². The van der Waals surface area contributed by atoms with E-state index in [1.54, 1.807) is 42.2 Å². The summed E-state index contributed by atoms with van der Waals surface area (Å²) in [4.78, 5) is 0. The first-order chi connectivity index (χ1) is 12.1. The third-order valence-corrected chi connectivity index (χ3v) is 5.17. The van der Waals surface area contributed by atoms with Crippen molar-refractivity contribution in [1.29, 1.82) is 0 Å². The number of benzene rings is 1. The molecule has 1 aliphatic heterocycles. The van der Waals surface area contributed by atoms with Crippen LogP contribution < -0.4 is 0 Å². The molecule has 3 rings (SSSR count). The second-order valence-electron chi connectivity index (χ2n) is 7.58. The van der Waals surface area contributed by atoms with Gasteiger partial charge in [0.1, 0.15) is 11.5 Å². The minimum Gasteiger partial charge on any atom is -0.398 e. The molecule has 0 radical (unpaired) electrons. The zero-order valence-electron chi connectivity index (χ0n) is 15.7. The summed E-state index contributed by atoms with van der Waals surface area (Å²) in [6.07, 6.45) is 3.24. The Bertz CT molecular complexity index is 830. The largest absolute Gasteiger partial charge is 0.525 e. The van der Waals surface area contributed by atoms with Crippen molar-refractivity contribution in [1.82, 2.24) is 9.78 Å². The van der Waals surface area contributed by atoms with Crippen LogP contribution in [-0.2, 0) is 15.9 Å². The monoisotopic (exact) mass is 360 g/mol. The molecule has 0 saturated carbocycles. The van der Waals surface area contributed by atoms with Crippen molar-refractivity contribution >= 4 is 12.7 Å². The van der Waals surface area contributed by atoms with Gasteiger partial charge >= 0.3 is 7.12 Å². The number of allylic oxidation sites excluding steroid dienone is 1. The summed E-state index contributed by atoms with van der Waals surface area (Å²) in [5.74, 6) is -0.291. The van der Waals surface area contributed by atoms with E-state index in [1.165, 1.54) is 6.07 Å². The van der Waals surface area contributed by atoms with Crippen LogP contribution >= 0.6 is 0 Å². The maximum absolute atomic E-state index is 14.9. The van der Waals surface area contributed by atoms with E-state index in [4.69, 9.17) is 9.31 Å². The molecule has 0 atom stereocenters. The standard InChI is InChI=1S/C19H23BF2N2O2/c1-13(17(22)20-25-18(2,3)19(4,5)26-20)15-10-23-24(12-15)11-14-8-6-7-9-16(14)21/h6-10,12H,11H2,1-5H3. The number of rotatable bonds is 4. The molecule has 1 aromatic carbocycles. The average molecular weight is 360 g/mol. The number of aromatic nitrogens is 2. The van der Waals surface area contributed by atoms with E-state index >= 15 is 0 Å². The van der Waals surface area contributed by atoms with Crippen molar-refractivity contribution in [3.63, 3.8) is 0 Å². The summed E-state index contributed by atoms with van der Waals surface area (Å²) in [6.45, 7) is 9.44. The predicted molar refractivity (Wildman–Crippen MR) is 97.5 cm³/mol. The van der Waals surface area contributed by atoms with Crippen LogP contribution in [0.5, 0.6) is 0 Å². The Hall–Kier alpha value is -1.99. The lowest BCUT2D eigenvalue weighted by Gasteiger charge is -2.32. The number of hydrogen-bond donors (Lipinski definition) is 0. The van der Waals surface area contributed by atoms with Gasteiger partial charge in [0, 0.05) is 17.3 Å². The predicted octanol–water partition coefficient (Wildman–Crippen LogP) is 4.40. The molecule has 0 aliphatic carbocycles. The third-order valence-electron chi connectivity index (χ3n) is 5.17. The van der Waals surface area contributed by atoms with Crippen LogP contribution in [0, 0.1) is 5.82 Å². The van der Waals surface area contributed by atoms with Crippen LogP contribution in [0.3, 0.4) is 0 Å². The van der Waals surface area contributed by atoms with Crippen molar-refractivity contribution in [3.05, 3.63) is 59.3 Å². The Kier molecular flexibility index (Phi) is 4.79. The van der Waals surface area contributed by atoms with Gasteiger partial charge in [-0.05, 0) is 46.3 Å². The first-order valence-electron chi connectivity index (χ1n) is 8.59. The van der Waals surface area contributed by atoms with Gasteiger partial charge in [-0.3, -0.25) is 4.68 Å². The van der Waals surface area contributed by atoms with E-state index in [0.29, 0.717) is 16.7 Å². The van der Waals surface area contributed by atoms with E-state index in [-0.39, 0.29) is 12.4 Å². The summed E-state index contributed by atoms with van der Waals surface area (Å²) in [5, 5.41) is 4.21. The van der Waals surface area contributed by atoms with Gasteiger partial charge in [0.05, 0.1) is 23.9 Å². The lowest BCUT2D eigenvalue weighted by molar-refractivity contribution is 0.00578. The van der Waals surface area contributed by atoms with Gasteiger partial charge in [0.2, 0.25) is 0 Å². The number of halogens is 2. The lowest BCUT2D eigenvalue weighted by Crippen LogP contribution is -2.41. The Morgan fingerprint density at radius 3 is 2.38 bits per heavy atom. The molecule has 0 amide bonds. The molecule has 2 aromatic rings. The first kappa shape index (κ1) is 18.8. The highest BCUT2D eigenvalue weighted by atomic mass is 19.1. The van der Waals surface area contributed by atoms with Gasteiger partial charge in [0.25, 0.3) is 0 Å². The van der Waals surface area contributed by atoms with E-state index in [0.717, 1.165) is 0 Å². The molecule has 0 spiro atoms. The smallest absolute Gasteiger partial charge is 0.398 e. The molecule has 1 aromatic heterocycles. The van der Waals surface area contributed by atoms with Gasteiger partial charge < -0.3 is 9.31 Å². The normalized spacial score (nSPS) is 19.6. The summed E-state index contributed by atoms with van der Waals surface area (Å²) < 4.78 is 41.8. The fourth-order valence-electron chi connectivity index (χ4n) is 2.71. The highest BCUT2D eigenvalue weighted by molar-refractivity contribution is 6.55. The minimum absolute atomic E-state index is 0.276. The zero-order valence-corrected chi connectivity index (χ0v) is 15.7. The average Bonchev–Trinajstić information content (AvgIpc) is 3.10. The van der Waals surface area contributed by atoms with Crippen LogP contribution in [0.25, 0.3) is 5.57 Å².